The first kappa shape index (κ1) is 12.6. The largest absolute Gasteiger partial charge is 0.271 e. The van der Waals surface area contributed by atoms with Crippen molar-refractivity contribution in [3.63, 3.8) is 0 Å². The van der Waals surface area contributed by atoms with Gasteiger partial charge in [0.2, 0.25) is 0 Å². The molecule has 0 aliphatic rings. The molecule has 1 unspecified atom stereocenters. The quantitative estimate of drug-likeness (QED) is 0.657. The highest BCUT2D eigenvalue weighted by Gasteiger charge is 2.13. The number of halogens is 1. The molecule has 17 heavy (non-hydrogen) atoms. The topological polar surface area (TPSA) is 38.0 Å². The van der Waals surface area contributed by atoms with Gasteiger partial charge < -0.3 is 0 Å². The van der Waals surface area contributed by atoms with Gasteiger partial charge in [-0.3, -0.25) is 11.3 Å². The smallest absolute Gasteiger partial charge is 0.0510 e. The van der Waals surface area contributed by atoms with E-state index in [-0.39, 0.29) is 6.04 Å². The van der Waals surface area contributed by atoms with E-state index in [4.69, 9.17) is 17.4 Å². The Kier molecular flexibility index (Phi) is 4.18. The molecule has 0 spiro atoms. The van der Waals surface area contributed by atoms with E-state index >= 15 is 0 Å². The van der Waals surface area contributed by atoms with E-state index in [1.165, 1.54) is 10.4 Å². The molecule has 90 valence electrons. The van der Waals surface area contributed by atoms with Gasteiger partial charge in [0.25, 0.3) is 0 Å². The SMILES string of the molecule is Cc1cc(Cl)ccc1C(Cc1cccs1)NN. The van der Waals surface area contributed by atoms with Crippen molar-refractivity contribution in [2.24, 2.45) is 5.84 Å². The van der Waals surface area contributed by atoms with Gasteiger partial charge in [0.05, 0.1) is 6.04 Å². The molecule has 1 heterocycles. The summed E-state index contributed by atoms with van der Waals surface area (Å²) in [5.74, 6) is 5.65. The lowest BCUT2D eigenvalue weighted by Crippen LogP contribution is -2.29. The zero-order valence-electron chi connectivity index (χ0n) is 9.61. The minimum Gasteiger partial charge on any atom is -0.271 e. The van der Waals surface area contributed by atoms with E-state index in [1.54, 1.807) is 11.3 Å². The van der Waals surface area contributed by atoms with Gasteiger partial charge in [0.15, 0.2) is 0 Å². The van der Waals surface area contributed by atoms with Crippen LogP contribution in [0.15, 0.2) is 35.7 Å². The molecule has 0 saturated heterocycles. The van der Waals surface area contributed by atoms with Crippen LogP contribution in [0.4, 0.5) is 0 Å². The van der Waals surface area contributed by atoms with Crippen molar-refractivity contribution in [2.75, 3.05) is 0 Å². The first-order valence-corrected chi connectivity index (χ1v) is 6.71. The molecule has 3 N–H and O–H groups in total. The number of benzene rings is 1. The number of hydrazine groups is 1. The van der Waals surface area contributed by atoms with Gasteiger partial charge in [-0.1, -0.05) is 23.7 Å². The summed E-state index contributed by atoms with van der Waals surface area (Å²) in [5, 5.41) is 2.84. The van der Waals surface area contributed by atoms with Crippen LogP contribution in [0.25, 0.3) is 0 Å². The molecular weight excluding hydrogens is 252 g/mol. The molecule has 0 aliphatic heterocycles. The van der Waals surface area contributed by atoms with Crippen molar-refractivity contribution >= 4 is 22.9 Å². The zero-order chi connectivity index (χ0) is 12.3. The Morgan fingerprint density at radius 3 is 2.82 bits per heavy atom. The number of hydrogen-bond donors (Lipinski definition) is 2. The van der Waals surface area contributed by atoms with Gasteiger partial charge in [-0.05, 0) is 41.6 Å². The first-order chi connectivity index (χ1) is 8.20. The maximum atomic E-state index is 5.96. The van der Waals surface area contributed by atoms with Crippen LogP contribution in [0, 0.1) is 6.92 Å². The molecule has 0 saturated carbocycles. The maximum absolute atomic E-state index is 5.96. The monoisotopic (exact) mass is 266 g/mol. The summed E-state index contributed by atoms with van der Waals surface area (Å²) in [7, 11) is 0. The first-order valence-electron chi connectivity index (χ1n) is 5.45. The molecule has 0 radical (unpaired) electrons. The molecule has 1 atom stereocenters. The Hall–Kier alpha value is -0.870. The molecule has 1 aromatic heterocycles. The van der Waals surface area contributed by atoms with Crippen LogP contribution in [0.1, 0.15) is 22.0 Å². The summed E-state index contributed by atoms with van der Waals surface area (Å²) in [6.45, 7) is 2.06. The van der Waals surface area contributed by atoms with Crippen molar-refractivity contribution in [3.8, 4) is 0 Å². The minimum absolute atomic E-state index is 0.130. The fraction of sp³-hybridized carbons (Fsp3) is 0.231. The maximum Gasteiger partial charge on any atom is 0.0510 e. The van der Waals surface area contributed by atoms with Gasteiger partial charge in [-0.25, -0.2) is 0 Å². The van der Waals surface area contributed by atoms with Gasteiger partial charge in [-0.2, -0.15) is 0 Å². The summed E-state index contributed by atoms with van der Waals surface area (Å²) >= 11 is 7.71. The molecule has 2 nitrogen and oxygen atoms in total. The molecule has 2 aromatic rings. The second kappa shape index (κ2) is 5.65. The fourth-order valence-electron chi connectivity index (χ4n) is 1.92. The second-order valence-corrected chi connectivity index (χ2v) is 5.47. The van der Waals surface area contributed by atoms with Crippen LogP contribution in [0.2, 0.25) is 5.02 Å². The normalized spacial score (nSPS) is 12.6. The van der Waals surface area contributed by atoms with Gasteiger partial charge in [0, 0.05) is 16.3 Å². The van der Waals surface area contributed by atoms with E-state index in [0.29, 0.717) is 0 Å². The Labute approximate surface area is 110 Å². The third-order valence-electron chi connectivity index (χ3n) is 2.79. The van der Waals surface area contributed by atoms with E-state index in [1.807, 2.05) is 18.2 Å². The Morgan fingerprint density at radius 2 is 2.24 bits per heavy atom. The van der Waals surface area contributed by atoms with Crippen molar-refractivity contribution in [3.05, 3.63) is 56.7 Å². The highest BCUT2D eigenvalue weighted by molar-refractivity contribution is 7.09. The average Bonchev–Trinajstić information content (AvgIpc) is 2.79. The molecule has 0 fully saturated rings. The Balaban J connectivity index is 2.23. The van der Waals surface area contributed by atoms with Gasteiger partial charge in [0.1, 0.15) is 0 Å². The molecule has 0 amide bonds. The molecule has 4 heteroatoms. The van der Waals surface area contributed by atoms with Crippen LogP contribution in [0.3, 0.4) is 0 Å². The van der Waals surface area contributed by atoms with Crippen molar-refractivity contribution < 1.29 is 0 Å². The minimum atomic E-state index is 0.130. The van der Waals surface area contributed by atoms with E-state index in [0.717, 1.165) is 17.0 Å². The number of thiophene rings is 1. The lowest BCUT2D eigenvalue weighted by molar-refractivity contribution is 0.553. The lowest BCUT2D eigenvalue weighted by Gasteiger charge is -2.18. The van der Waals surface area contributed by atoms with Crippen LogP contribution >= 0.6 is 22.9 Å². The number of hydrogen-bond acceptors (Lipinski definition) is 3. The number of nitrogens with one attached hydrogen (secondary N) is 1. The van der Waals surface area contributed by atoms with Crippen LogP contribution < -0.4 is 11.3 Å². The van der Waals surface area contributed by atoms with Gasteiger partial charge >= 0.3 is 0 Å². The van der Waals surface area contributed by atoms with E-state index in [9.17, 15) is 0 Å². The van der Waals surface area contributed by atoms with Crippen LogP contribution in [-0.4, -0.2) is 0 Å². The second-order valence-electron chi connectivity index (χ2n) is 4.00. The highest BCUT2D eigenvalue weighted by Crippen LogP contribution is 2.25. The Morgan fingerprint density at radius 1 is 1.41 bits per heavy atom. The lowest BCUT2D eigenvalue weighted by atomic mass is 9.99. The van der Waals surface area contributed by atoms with Gasteiger partial charge in [-0.15, -0.1) is 11.3 Å². The van der Waals surface area contributed by atoms with E-state index in [2.05, 4.69) is 29.9 Å². The summed E-state index contributed by atoms with van der Waals surface area (Å²) in [6.07, 6.45) is 0.899. The van der Waals surface area contributed by atoms with Crippen molar-refractivity contribution in [1.29, 1.82) is 0 Å². The average molecular weight is 267 g/mol. The summed E-state index contributed by atoms with van der Waals surface area (Å²) in [6, 6.07) is 10.2. The zero-order valence-corrected chi connectivity index (χ0v) is 11.2. The summed E-state index contributed by atoms with van der Waals surface area (Å²) in [4.78, 5) is 1.32. The fourth-order valence-corrected chi connectivity index (χ4v) is 2.90. The van der Waals surface area contributed by atoms with Crippen LogP contribution in [-0.2, 0) is 6.42 Å². The molecule has 2 rings (SSSR count). The summed E-state index contributed by atoms with van der Waals surface area (Å²) in [5.41, 5.74) is 5.24. The third kappa shape index (κ3) is 3.07. The predicted molar refractivity (Wildman–Crippen MR) is 74.3 cm³/mol. The van der Waals surface area contributed by atoms with Crippen LogP contribution in [0.5, 0.6) is 0 Å². The third-order valence-corrected chi connectivity index (χ3v) is 3.93. The van der Waals surface area contributed by atoms with E-state index < -0.39 is 0 Å². The number of nitrogens with two attached hydrogens (primary N) is 1. The van der Waals surface area contributed by atoms with Crippen molar-refractivity contribution in [1.82, 2.24) is 5.43 Å². The van der Waals surface area contributed by atoms with Crippen molar-refractivity contribution in [2.45, 2.75) is 19.4 Å². The molecule has 0 bridgehead atoms. The highest BCUT2D eigenvalue weighted by atomic mass is 35.5. The summed E-state index contributed by atoms with van der Waals surface area (Å²) < 4.78 is 0. The Bertz CT molecular complexity index is 482. The number of rotatable bonds is 4. The molecule has 1 aromatic carbocycles. The standard InChI is InChI=1S/C13H15ClN2S/c1-9-7-10(14)4-5-12(9)13(16-15)8-11-3-2-6-17-11/h2-7,13,16H,8,15H2,1H3. The molecular formula is C13H15ClN2S. The predicted octanol–water partition coefficient (Wildman–Crippen LogP) is 3.46. The molecule has 0 aliphatic carbocycles. The number of aryl methyl sites for hydroxylation is 1.